The third kappa shape index (κ3) is 4.34. The van der Waals surface area contributed by atoms with E-state index in [1.165, 1.54) is 0 Å². The standard InChI is InChI=1S/C39H25N5/c40-24-28-29-16-18-31(41-29)37(25-10-4-1-5-11-25)33-20-22-35(43-33)39(27-14-8-3-9-15-27)36-23-21-34(44-36)38(26-12-6-2-7-13-26)32-19-17-30(28)42-32/h1-23,41-42H. The normalized spacial score (nSPS) is 11.9. The summed E-state index contributed by atoms with van der Waals surface area (Å²) in [5.41, 5.74) is 13.1. The van der Waals surface area contributed by atoms with Gasteiger partial charge >= 0.3 is 0 Å². The molecule has 5 nitrogen and oxygen atoms in total. The van der Waals surface area contributed by atoms with E-state index in [4.69, 9.17) is 9.97 Å². The lowest BCUT2D eigenvalue weighted by Crippen LogP contribution is -1.91. The van der Waals surface area contributed by atoms with Crippen LogP contribution in [0.25, 0.3) is 79.8 Å². The van der Waals surface area contributed by atoms with E-state index < -0.39 is 0 Å². The second-order valence-corrected chi connectivity index (χ2v) is 10.7. The summed E-state index contributed by atoms with van der Waals surface area (Å²) in [6, 6.07) is 41.2. The van der Waals surface area contributed by atoms with Gasteiger partial charge in [0.15, 0.2) is 0 Å². The van der Waals surface area contributed by atoms with Crippen LogP contribution in [0.3, 0.4) is 0 Å². The summed E-state index contributed by atoms with van der Waals surface area (Å²) in [4.78, 5) is 17.6. The van der Waals surface area contributed by atoms with Crippen molar-refractivity contribution in [2.75, 3.05) is 0 Å². The first-order valence-electron chi connectivity index (χ1n) is 14.5. The van der Waals surface area contributed by atoms with E-state index in [0.717, 1.165) is 78.2 Å². The summed E-state index contributed by atoms with van der Waals surface area (Å²) < 4.78 is 0. The molecule has 2 aliphatic heterocycles. The molecule has 206 valence electrons. The predicted molar refractivity (Wildman–Crippen MR) is 180 cm³/mol. The molecule has 3 aromatic carbocycles. The number of aromatic amines is 2. The summed E-state index contributed by atoms with van der Waals surface area (Å²) in [5.74, 6) is 0. The molecule has 6 aromatic rings. The highest BCUT2D eigenvalue weighted by atomic mass is 14.8. The summed E-state index contributed by atoms with van der Waals surface area (Å²) in [6.07, 6.45) is 8.28. The van der Waals surface area contributed by atoms with E-state index in [-0.39, 0.29) is 0 Å². The Balaban J connectivity index is 1.58. The Hall–Kier alpha value is -6.25. The van der Waals surface area contributed by atoms with Gasteiger partial charge in [-0.05, 0) is 65.3 Å². The first kappa shape index (κ1) is 25.5. The molecular weight excluding hydrogens is 538 g/mol. The zero-order valence-electron chi connectivity index (χ0n) is 23.6. The van der Waals surface area contributed by atoms with Crippen LogP contribution in [0.4, 0.5) is 0 Å². The van der Waals surface area contributed by atoms with E-state index in [2.05, 4.69) is 76.7 Å². The van der Waals surface area contributed by atoms with Crippen molar-refractivity contribution in [2.45, 2.75) is 0 Å². The molecule has 8 rings (SSSR count). The Morgan fingerprint density at radius 2 is 0.750 bits per heavy atom. The maximum absolute atomic E-state index is 10.3. The molecule has 0 saturated heterocycles. The number of nitrogens with zero attached hydrogens (tertiary/aromatic N) is 3. The quantitative estimate of drug-likeness (QED) is 0.225. The molecular formula is C39H25N5. The molecule has 3 aromatic heterocycles. The van der Waals surface area contributed by atoms with Crippen LogP contribution in [0.2, 0.25) is 0 Å². The van der Waals surface area contributed by atoms with Crippen LogP contribution in [0.5, 0.6) is 0 Å². The number of hydrogen-bond donors (Lipinski definition) is 2. The van der Waals surface area contributed by atoms with Crippen molar-refractivity contribution in [3.63, 3.8) is 0 Å². The van der Waals surface area contributed by atoms with Gasteiger partial charge in [0, 0.05) is 27.7 Å². The molecule has 0 spiro atoms. The van der Waals surface area contributed by atoms with Crippen molar-refractivity contribution < 1.29 is 0 Å². The van der Waals surface area contributed by atoms with E-state index in [1.807, 2.05) is 78.9 Å². The molecule has 44 heavy (non-hydrogen) atoms. The van der Waals surface area contributed by atoms with Gasteiger partial charge in [-0.3, -0.25) is 0 Å². The van der Waals surface area contributed by atoms with Crippen molar-refractivity contribution in [3.05, 3.63) is 144 Å². The molecule has 0 unspecified atom stereocenters. The molecule has 5 heterocycles. The number of benzene rings is 3. The van der Waals surface area contributed by atoms with Gasteiger partial charge in [0.05, 0.1) is 39.4 Å². The van der Waals surface area contributed by atoms with Gasteiger partial charge in [-0.1, -0.05) is 91.0 Å². The topological polar surface area (TPSA) is 81.2 Å². The van der Waals surface area contributed by atoms with Crippen molar-refractivity contribution >= 4 is 46.4 Å². The minimum atomic E-state index is 0.529. The van der Waals surface area contributed by atoms with Crippen LogP contribution < -0.4 is 0 Å². The molecule has 0 atom stereocenters. The molecule has 0 saturated carbocycles. The maximum atomic E-state index is 10.3. The molecule has 8 bridgehead atoms. The Morgan fingerprint density at radius 3 is 1.14 bits per heavy atom. The van der Waals surface area contributed by atoms with Crippen LogP contribution in [0.1, 0.15) is 28.3 Å². The van der Waals surface area contributed by atoms with Gasteiger partial charge in [0.25, 0.3) is 0 Å². The highest BCUT2D eigenvalue weighted by Gasteiger charge is 2.18. The lowest BCUT2D eigenvalue weighted by Gasteiger charge is -2.06. The summed E-state index contributed by atoms with van der Waals surface area (Å²) in [7, 11) is 0. The second-order valence-electron chi connectivity index (χ2n) is 10.7. The Bertz CT molecular complexity index is 2180. The Labute approximate surface area is 254 Å². The van der Waals surface area contributed by atoms with E-state index in [1.54, 1.807) is 0 Å². The third-order valence-electron chi connectivity index (χ3n) is 8.05. The average molecular weight is 564 g/mol. The van der Waals surface area contributed by atoms with Gasteiger partial charge in [-0.25, -0.2) is 9.97 Å². The fraction of sp³-hybridized carbons (Fsp3) is 0. The van der Waals surface area contributed by atoms with Crippen LogP contribution >= 0.6 is 0 Å². The highest BCUT2D eigenvalue weighted by molar-refractivity contribution is 5.97. The maximum Gasteiger partial charge on any atom is 0.104 e. The third-order valence-corrected chi connectivity index (χ3v) is 8.05. The average Bonchev–Trinajstić information content (AvgIpc) is 3.90. The molecule has 0 aliphatic carbocycles. The van der Waals surface area contributed by atoms with Crippen molar-refractivity contribution in [3.8, 4) is 39.4 Å². The monoisotopic (exact) mass is 563 g/mol. The fourth-order valence-corrected chi connectivity index (χ4v) is 6.04. The van der Waals surface area contributed by atoms with Crippen LogP contribution in [0.15, 0.2) is 115 Å². The number of H-pyrrole nitrogens is 2. The largest absolute Gasteiger partial charge is 0.354 e. The van der Waals surface area contributed by atoms with E-state index in [0.29, 0.717) is 5.56 Å². The van der Waals surface area contributed by atoms with Gasteiger partial charge < -0.3 is 9.97 Å². The van der Waals surface area contributed by atoms with Crippen molar-refractivity contribution in [1.29, 1.82) is 5.26 Å². The zero-order valence-corrected chi connectivity index (χ0v) is 23.6. The smallest absolute Gasteiger partial charge is 0.104 e. The van der Waals surface area contributed by atoms with Gasteiger partial charge in [0.2, 0.25) is 0 Å². The number of fused-ring (bicyclic) bond motifs is 8. The first-order chi connectivity index (χ1) is 21.8. The van der Waals surface area contributed by atoms with E-state index >= 15 is 0 Å². The number of nitriles is 1. The molecule has 0 amide bonds. The van der Waals surface area contributed by atoms with Crippen LogP contribution in [0, 0.1) is 11.3 Å². The van der Waals surface area contributed by atoms with Gasteiger partial charge in [-0.2, -0.15) is 5.26 Å². The lowest BCUT2D eigenvalue weighted by molar-refractivity contribution is 1.28. The number of hydrogen-bond acceptors (Lipinski definition) is 3. The second kappa shape index (κ2) is 10.5. The summed E-state index contributed by atoms with van der Waals surface area (Å²) in [5, 5.41) is 10.3. The summed E-state index contributed by atoms with van der Waals surface area (Å²) >= 11 is 0. The minimum absolute atomic E-state index is 0.529. The Morgan fingerprint density at radius 1 is 0.409 bits per heavy atom. The fourth-order valence-electron chi connectivity index (χ4n) is 6.04. The molecule has 0 fully saturated rings. The molecule has 0 radical (unpaired) electrons. The van der Waals surface area contributed by atoms with Crippen molar-refractivity contribution in [1.82, 2.24) is 19.9 Å². The lowest BCUT2D eigenvalue weighted by atomic mass is 10.0. The van der Waals surface area contributed by atoms with Gasteiger partial charge in [0.1, 0.15) is 6.07 Å². The van der Waals surface area contributed by atoms with E-state index in [9.17, 15) is 5.26 Å². The summed E-state index contributed by atoms with van der Waals surface area (Å²) in [6.45, 7) is 0. The number of nitrogens with one attached hydrogen (secondary N) is 2. The van der Waals surface area contributed by atoms with Crippen LogP contribution in [-0.4, -0.2) is 19.9 Å². The molecule has 5 heteroatoms. The van der Waals surface area contributed by atoms with Crippen LogP contribution in [-0.2, 0) is 0 Å². The Kier molecular flexibility index (Phi) is 6.10. The minimum Gasteiger partial charge on any atom is -0.354 e. The number of aromatic nitrogens is 4. The molecule has 2 aliphatic rings. The number of rotatable bonds is 3. The SMILES string of the molecule is N#Cc1c2ccc([nH]2)c(-c2ccccc2)c2nc(c(-c3ccccc3)c3nc(c(-c4ccccc4)c4ccc1[nH]4)C=C3)C=C2. The van der Waals surface area contributed by atoms with Gasteiger partial charge in [-0.15, -0.1) is 0 Å². The zero-order chi connectivity index (χ0) is 29.5. The first-order valence-corrected chi connectivity index (χ1v) is 14.5. The highest BCUT2D eigenvalue weighted by Crippen LogP contribution is 2.36. The molecule has 2 N–H and O–H groups in total. The predicted octanol–water partition coefficient (Wildman–Crippen LogP) is 9.53. The van der Waals surface area contributed by atoms with Crippen molar-refractivity contribution in [2.24, 2.45) is 0 Å².